The van der Waals surface area contributed by atoms with Crippen molar-refractivity contribution in [2.45, 2.75) is 41.3 Å². The number of hydrogen-bond acceptors (Lipinski definition) is 0. The monoisotopic (exact) mass is 292 g/mol. The fourth-order valence-electron chi connectivity index (χ4n) is 3.88. The quantitative estimate of drug-likeness (QED) is 0.597. The van der Waals surface area contributed by atoms with Crippen molar-refractivity contribution in [2.24, 2.45) is 17.8 Å². The van der Waals surface area contributed by atoms with Crippen LogP contribution in [0.3, 0.4) is 0 Å². The van der Waals surface area contributed by atoms with E-state index in [1.807, 2.05) is 0 Å². The van der Waals surface area contributed by atoms with Gasteiger partial charge < -0.3 is 0 Å². The van der Waals surface area contributed by atoms with Crippen LogP contribution in [0.15, 0.2) is 0 Å². The van der Waals surface area contributed by atoms with Crippen LogP contribution in [0.4, 0.5) is 0 Å². The Labute approximate surface area is 90.7 Å². The smallest absolute Gasteiger partial charge is 0.0390 e. The van der Waals surface area contributed by atoms with Crippen molar-refractivity contribution >= 4 is 31.9 Å². The minimum atomic E-state index is 0.488. The van der Waals surface area contributed by atoms with Crippen LogP contribution in [-0.4, -0.2) is 9.15 Å². The maximum absolute atomic E-state index is 3.98. The van der Waals surface area contributed by atoms with Crippen molar-refractivity contribution in [2.75, 3.05) is 0 Å². The van der Waals surface area contributed by atoms with Gasteiger partial charge in [-0.15, -0.1) is 0 Å². The normalized spacial score (nSPS) is 62.5. The van der Waals surface area contributed by atoms with Gasteiger partial charge in [0.1, 0.15) is 0 Å². The van der Waals surface area contributed by atoms with Crippen LogP contribution in [0.25, 0.3) is 0 Å². The molecule has 4 aliphatic carbocycles. The third kappa shape index (κ3) is 1.00. The number of halogens is 2. The summed E-state index contributed by atoms with van der Waals surface area (Å²) >= 11 is 7.86. The highest BCUT2D eigenvalue weighted by Crippen LogP contribution is 2.61. The highest BCUT2D eigenvalue weighted by atomic mass is 79.9. The van der Waals surface area contributed by atoms with Gasteiger partial charge in [-0.1, -0.05) is 31.9 Å². The first-order chi connectivity index (χ1) is 5.67. The average Bonchev–Trinajstić information content (AvgIpc) is 1.98. The van der Waals surface area contributed by atoms with Crippen LogP contribution in [0.2, 0.25) is 0 Å². The van der Waals surface area contributed by atoms with Gasteiger partial charge in [-0.05, 0) is 49.9 Å². The molecule has 0 saturated heterocycles. The topological polar surface area (TPSA) is 0 Å². The second-order valence-corrected chi connectivity index (χ2v) is 7.61. The van der Waals surface area contributed by atoms with E-state index in [-0.39, 0.29) is 0 Å². The van der Waals surface area contributed by atoms with E-state index in [2.05, 4.69) is 31.9 Å². The zero-order valence-corrected chi connectivity index (χ0v) is 10.3. The molecule has 4 bridgehead atoms. The molecule has 2 heteroatoms. The van der Waals surface area contributed by atoms with Crippen molar-refractivity contribution in [1.29, 1.82) is 0 Å². The molecule has 0 spiro atoms. The molecule has 0 heterocycles. The molecule has 4 rings (SSSR count). The third-order valence-electron chi connectivity index (χ3n) is 4.10. The summed E-state index contributed by atoms with van der Waals surface area (Å²) in [5, 5.41) is 0. The summed E-state index contributed by atoms with van der Waals surface area (Å²) in [5.41, 5.74) is 0. The molecule has 4 fully saturated rings. The van der Waals surface area contributed by atoms with Gasteiger partial charge in [0.2, 0.25) is 0 Å². The fourth-order valence-corrected chi connectivity index (χ4v) is 5.97. The molecule has 0 nitrogen and oxygen atoms in total. The van der Waals surface area contributed by atoms with Crippen molar-refractivity contribution in [3.63, 3.8) is 0 Å². The first-order valence-electron chi connectivity index (χ1n) is 5.00. The third-order valence-corrected chi connectivity index (χ3v) is 7.48. The second-order valence-electron chi connectivity index (χ2n) is 5.04. The summed E-state index contributed by atoms with van der Waals surface area (Å²) in [6.07, 6.45) is 7.38. The van der Waals surface area contributed by atoms with E-state index < -0.39 is 0 Å². The van der Waals surface area contributed by atoms with Crippen LogP contribution >= 0.6 is 31.9 Å². The molecule has 0 N–H and O–H groups in total. The molecule has 0 aromatic heterocycles. The summed E-state index contributed by atoms with van der Waals surface area (Å²) in [6, 6.07) is 0. The molecule has 0 aromatic rings. The van der Waals surface area contributed by atoms with Gasteiger partial charge in [-0.2, -0.15) is 0 Å². The Balaban J connectivity index is 1.97. The Morgan fingerprint density at radius 2 is 1.58 bits per heavy atom. The highest BCUT2D eigenvalue weighted by molar-refractivity contribution is 9.12. The Morgan fingerprint density at radius 1 is 1.00 bits per heavy atom. The van der Waals surface area contributed by atoms with E-state index in [9.17, 15) is 0 Å². The molecule has 4 aliphatic rings. The summed E-state index contributed by atoms with van der Waals surface area (Å²) in [4.78, 5) is 0.762. The van der Waals surface area contributed by atoms with E-state index in [4.69, 9.17) is 0 Å². The molecule has 0 aromatic carbocycles. The zero-order chi connectivity index (χ0) is 8.34. The predicted octanol–water partition coefficient (Wildman–Crippen LogP) is 3.72. The molecular formula is C10H14Br2. The van der Waals surface area contributed by atoms with E-state index in [1.54, 1.807) is 0 Å². The van der Waals surface area contributed by atoms with Crippen molar-refractivity contribution < 1.29 is 0 Å². The van der Waals surface area contributed by atoms with Gasteiger partial charge >= 0.3 is 0 Å². The molecule has 12 heavy (non-hydrogen) atoms. The average molecular weight is 294 g/mol. The number of rotatable bonds is 0. The summed E-state index contributed by atoms with van der Waals surface area (Å²) < 4.78 is 0.488. The fraction of sp³-hybridized carbons (Fsp3) is 1.00. The maximum atomic E-state index is 3.98. The predicted molar refractivity (Wildman–Crippen MR) is 57.9 cm³/mol. The van der Waals surface area contributed by atoms with Gasteiger partial charge in [0.05, 0.1) is 0 Å². The van der Waals surface area contributed by atoms with Gasteiger partial charge in [-0.3, -0.25) is 0 Å². The molecule has 4 saturated carbocycles. The van der Waals surface area contributed by atoms with Crippen molar-refractivity contribution in [3.05, 3.63) is 0 Å². The lowest BCUT2D eigenvalue weighted by Gasteiger charge is -2.57. The van der Waals surface area contributed by atoms with Crippen molar-refractivity contribution in [3.8, 4) is 0 Å². The molecule has 3 unspecified atom stereocenters. The molecular weight excluding hydrogens is 280 g/mol. The first kappa shape index (κ1) is 8.28. The summed E-state index contributed by atoms with van der Waals surface area (Å²) in [5.74, 6) is 3.09. The van der Waals surface area contributed by atoms with E-state index in [0.29, 0.717) is 4.32 Å². The zero-order valence-electron chi connectivity index (χ0n) is 7.10. The van der Waals surface area contributed by atoms with E-state index in [1.165, 1.54) is 32.1 Å². The molecule has 0 aliphatic heterocycles. The Bertz CT molecular complexity index is 200. The van der Waals surface area contributed by atoms with Gasteiger partial charge in [0, 0.05) is 9.15 Å². The van der Waals surface area contributed by atoms with Crippen LogP contribution in [0.1, 0.15) is 32.1 Å². The maximum Gasteiger partial charge on any atom is 0.0390 e. The highest BCUT2D eigenvalue weighted by Gasteiger charge is 2.54. The lowest BCUT2D eigenvalue weighted by Crippen LogP contribution is -2.54. The van der Waals surface area contributed by atoms with Crippen LogP contribution in [0.5, 0.6) is 0 Å². The SMILES string of the molecule is BrC1C2C[C@@H]3C[C@H](C2)CC1(Br)C3. The molecule has 5 atom stereocenters. The summed E-state index contributed by atoms with van der Waals surface area (Å²) in [7, 11) is 0. The largest absolute Gasteiger partial charge is 0.0872 e. The Kier molecular flexibility index (Phi) is 1.73. The first-order valence-corrected chi connectivity index (χ1v) is 6.71. The Morgan fingerprint density at radius 3 is 2.08 bits per heavy atom. The van der Waals surface area contributed by atoms with Crippen LogP contribution in [-0.2, 0) is 0 Å². The Hall–Kier alpha value is 0.960. The standard InChI is InChI=1S/C10H14Br2/c11-9-8-2-6-1-7(3-8)5-10(9,12)4-6/h6-9H,1-5H2/t6-,7+,8?,9?,10?. The minimum absolute atomic E-state index is 0.488. The van der Waals surface area contributed by atoms with Crippen LogP contribution < -0.4 is 0 Å². The van der Waals surface area contributed by atoms with Gasteiger partial charge in [-0.25, -0.2) is 0 Å². The molecule has 0 amide bonds. The molecule has 0 radical (unpaired) electrons. The number of alkyl halides is 2. The molecule has 68 valence electrons. The van der Waals surface area contributed by atoms with Gasteiger partial charge in [0.25, 0.3) is 0 Å². The van der Waals surface area contributed by atoms with E-state index >= 15 is 0 Å². The van der Waals surface area contributed by atoms with Gasteiger partial charge in [0.15, 0.2) is 0 Å². The summed E-state index contributed by atoms with van der Waals surface area (Å²) in [6.45, 7) is 0. The second kappa shape index (κ2) is 2.50. The van der Waals surface area contributed by atoms with E-state index in [0.717, 1.165) is 22.6 Å². The van der Waals surface area contributed by atoms with Crippen LogP contribution in [0, 0.1) is 17.8 Å². The minimum Gasteiger partial charge on any atom is -0.0872 e. The number of hydrogen-bond donors (Lipinski definition) is 0. The lowest BCUT2D eigenvalue weighted by molar-refractivity contribution is 0.0499. The van der Waals surface area contributed by atoms with Crippen molar-refractivity contribution in [1.82, 2.24) is 0 Å². The lowest BCUT2D eigenvalue weighted by atomic mass is 9.56.